The molecule has 0 bridgehead atoms. The minimum Gasteiger partial charge on any atom is -0.353 e. The Hall–Kier alpha value is -1.99. The van der Waals surface area contributed by atoms with Gasteiger partial charge in [0.2, 0.25) is 11.8 Å². The summed E-state index contributed by atoms with van der Waals surface area (Å²) in [5.41, 5.74) is 0. The predicted octanol–water partition coefficient (Wildman–Crippen LogP) is -2.37. The van der Waals surface area contributed by atoms with Crippen LogP contribution < -0.4 is 5.32 Å². The van der Waals surface area contributed by atoms with Crippen LogP contribution in [0.2, 0.25) is 0 Å². The van der Waals surface area contributed by atoms with Crippen LogP contribution in [-0.4, -0.2) is 56.6 Å². The molecular formula is C7H10N6O2. The molecule has 0 radical (unpaired) electrons. The highest BCUT2D eigenvalue weighted by Gasteiger charge is 2.21. The van der Waals surface area contributed by atoms with Gasteiger partial charge in [-0.1, -0.05) is 0 Å². The summed E-state index contributed by atoms with van der Waals surface area (Å²) >= 11 is 0. The number of aromatic nitrogens is 4. The van der Waals surface area contributed by atoms with Gasteiger partial charge in [0.05, 0.1) is 6.54 Å². The maximum atomic E-state index is 11.6. The van der Waals surface area contributed by atoms with Gasteiger partial charge < -0.3 is 10.2 Å². The molecule has 2 rings (SSSR count). The zero-order chi connectivity index (χ0) is 10.7. The molecule has 8 nitrogen and oxygen atoms in total. The molecule has 0 atom stereocenters. The summed E-state index contributed by atoms with van der Waals surface area (Å²) in [5, 5.41) is 13.1. The molecule has 1 fully saturated rings. The second-order valence-electron chi connectivity index (χ2n) is 3.17. The third-order valence-electron chi connectivity index (χ3n) is 2.08. The molecule has 1 aliphatic rings. The Kier molecular flexibility index (Phi) is 2.57. The van der Waals surface area contributed by atoms with Gasteiger partial charge in [-0.15, -0.1) is 5.10 Å². The number of rotatable bonds is 2. The van der Waals surface area contributed by atoms with Crippen LogP contribution in [0.5, 0.6) is 0 Å². The van der Waals surface area contributed by atoms with Crippen molar-refractivity contribution in [3.05, 3.63) is 6.33 Å². The number of carbonyl (C=O) groups excluding carboxylic acids is 2. The normalized spacial score (nSPS) is 16.3. The van der Waals surface area contributed by atoms with E-state index in [-0.39, 0.29) is 24.9 Å². The van der Waals surface area contributed by atoms with Gasteiger partial charge in [-0.3, -0.25) is 9.59 Å². The Balaban J connectivity index is 1.93. The van der Waals surface area contributed by atoms with Gasteiger partial charge in [0, 0.05) is 13.1 Å². The Bertz CT molecular complexity index is 362. The van der Waals surface area contributed by atoms with Crippen molar-refractivity contribution in [3.8, 4) is 0 Å². The molecule has 1 aliphatic heterocycles. The number of nitrogens with one attached hydrogen (secondary N) is 1. The van der Waals surface area contributed by atoms with Crippen LogP contribution in [0, 0.1) is 0 Å². The first-order chi connectivity index (χ1) is 7.25. The molecular weight excluding hydrogens is 200 g/mol. The van der Waals surface area contributed by atoms with Crippen LogP contribution >= 0.6 is 0 Å². The highest BCUT2D eigenvalue weighted by atomic mass is 16.2. The fourth-order valence-corrected chi connectivity index (χ4v) is 1.34. The minimum atomic E-state index is -0.155. The van der Waals surface area contributed by atoms with E-state index in [2.05, 4.69) is 20.8 Å². The molecule has 80 valence electrons. The number of carbonyl (C=O) groups is 2. The van der Waals surface area contributed by atoms with E-state index in [4.69, 9.17) is 0 Å². The van der Waals surface area contributed by atoms with Gasteiger partial charge >= 0.3 is 0 Å². The summed E-state index contributed by atoms with van der Waals surface area (Å²) in [6.45, 7) is 1.22. The van der Waals surface area contributed by atoms with E-state index in [0.29, 0.717) is 13.1 Å². The molecule has 2 amide bonds. The molecule has 1 aromatic rings. The molecule has 0 aromatic carbocycles. The summed E-state index contributed by atoms with van der Waals surface area (Å²) in [7, 11) is 0. The zero-order valence-electron chi connectivity index (χ0n) is 7.96. The van der Waals surface area contributed by atoms with Crippen LogP contribution in [0.15, 0.2) is 6.33 Å². The highest BCUT2D eigenvalue weighted by Crippen LogP contribution is 1.96. The van der Waals surface area contributed by atoms with Gasteiger partial charge in [0.15, 0.2) is 0 Å². The Morgan fingerprint density at radius 2 is 2.47 bits per heavy atom. The van der Waals surface area contributed by atoms with E-state index < -0.39 is 0 Å². The second kappa shape index (κ2) is 4.03. The van der Waals surface area contributed by atoms with Gasteiger partial charge in [0.1, 0.15) is 12.9 Å². The molecule has 0 saturated carbocycles. The van der Waals surface area contributed by atoms with Crippen molar-refractivity contribution in [2.24, 2.45) is 0 Å². The fraction of sp³-hybridized carbons (Fsp3) is 0.571. The molecule has 15 heavy (non-hydrogen) atoms. The lowest BCUT2D eigenvalue weighted by atomic mass is 10.3. The van der Waals surface area contributed by atoms with Crippen LogP contribution in [0.4, 0.5) is 0 Å². The van der Waals surface area contributed by atoms with Crippen LogP contribution in [0.3, 0.4) is 0 Å². The summed E-state index contributed by atoms with van der Waals surface area (Å²) in [5.74, 6) is -0.288. The van der Waals surface area contributed by atoms with Gasteiger partial charge in [-0.05, 0) is 10.4 Å². The maximum absolute atomic E-state index is 11.6. The molecule has 1 aromatic heterocycles. The van der Waals surface area contributed by atoms with E-state index >= 15 is 0 Å². The van der Waals surface area contributed by atoms with Gasteiger partial charge in [0.25, 0.3) is 0 Å². The predicted molar refractivity (Wildman–Crippen MR) is 47.4 cm³/mol. The lowest BCUT2D eigenvalue weighted by Gasteiger charge is -2.26. The van der Waals surface area contributed by atoms with Crippen molar-refractivity contribution in [1.29, 1.82) is 0 Å². The Morgan fingerprint density at radius 1 is 1.60 bits per heavy atom. The van der Waals surface area contributed by atoms with E-state index in [1.807, 2.05) is 0 Å². The first-order valence-corrected chi connectivity index (χ1v) is 4.51. The number of piperazine rings is 1. The average molecular weight is 210 g/mol. The van der Waals surface area contributed by atoms with Crippen molar-refractivity contribution < 1.29 is 9.59 Å². The first kappa shape index (κ1) is 9.56. The van der Waals surface area contributed by atoms with E-state index in [1.165, 1.54) is 15.9 Å². The summed E-state index contributed by atoms with van der Waals surface area (Å²) < 4.78 is 1.33. The van der Waals surface area contributed by atoms with Gasteiger partial charge in [-0.25, -0.2) is 4.68 Å². The number of hydrogen-bond acceptors (Lipinski definition) is 5. The smallest absolute Gasteiger partial charge is 0.244 e. The van der Waals surface area contributed by atoms with E-state index in [0.717, 1.165) is 0 Å². The van der Waals surface area contributed by atoms with Crippen molar-refractivity contribution in [3.63, 3.8) is 0 Å². The van der Waals surface area contributed by atoms with Crippen molar-refractivity contribution >= 4 is 11.8 Å². The summed E-state index contributed by atoms with van der Waals surface area (Å²) in [6.07, 6.45) is 1.36. The molecule has 0 spiro atoms. The molecule has 0 aliphatic carbocycles. The SMILES string of the molecule is O=C1CN(C(=O)Cn2cnnn2)CCN1. The zero-order valence-corrected chi connectivity index (χ0v) is 7.96. The number of tetrazole rings is 1. The third-order valence-corrected chi connectivity index (χ3v) is 2.08. The largest absolute Gasteiger partial charge is 0.353 e. The highest BCUT2D eigenvalue weighted by molar-refractivity contribution is 5.85. The van der Waals surface area contributed by atoms with Crippen LogP contribution in [0.1, 0.15) is 0 Å². The standard InChI is InChI=1S/C7H10N6O2/c14-6-3-12(2-1-8-6)7(15)4-13-5-9-10-11-13/h5H,1-4H2,(H,8,14). The second-order valence-corrected chi connectivity index (χ2v) is 3.17. The minimum absolute atomic E-state index is 0.0697. The molecule has 1 saturated heterocycles. The summed E-state index contributed by atoms with van der Waals surface area (Å²) in [6, 6.07) is 0. The Morgan fingerprint density at radius 3 is 3.13 bits per heavy atom. The lowest BCUT2D eigenvalue weighted by molar-refractivity contribution is -0.138. The van der Waals surface area contributed by atoms with Crippen LogP contribution in [0.25, 0.3) is 0 Å². The first-order valence-electron chi connectivity index (χ1n) is 4.51. The van der Waals surface area contributed by atoms with Crippen LogP contribution in [-0.2, 0) is 16.1 Å². The maximum Gasteiger partial charge on any atom is 0.244 e. The number of nitrogens with zero attached hydrogens (tertiary/aromatic N) is 5. The molecule has 2 heterocycles. The van der Waals surface area contributed by atoms with E-state index in [9.17, 15) is 9.59 Å². The third kappa shape index (κ3) is 2.27. The van der Waals surface area contributed by atoms with Crippen molar-refractivity contribution in [2.45, 2.75) is 6.54 Å². The molecule has 1 N–H and O–H groups in total. The van der Waals surface area contributed by atoms with Gasteiger partial charge in [-0.2, -0.15) is 0 Å². The quantitative estimate of drug-likeness (QED) is 0.589. The summed E-state index contributed by atoms with van der Waals surface area (Å²) in [4.78, 5) is 24.2. The van der Waals surface area contributed by atoms with Crippen molar-refractivity contribution in [2.75, 3.05) is 19.6 Å². The Labute approximate surface area is 85.2 Å². The topological polar surface area (TPSA) is 93.0 Å². The molecule has 0 unspecified atom stereocenters. The number of hydrogen-bond donors (Lipinski definition) is 1. The molecule has 8 heteroatoms. The van der Waals surface area contributed by atoms with Crippen molar-refractivity contribution in [1.82, 2.24) is 30.4 Å². The number of amides is 2. The monoisotopic (exact) mass is 210 g/mol. The average Bonchev–Trinajstić information content (AvgIpc) is 2.70. The van der Waals surface area contributed by atoms with E-state index in [1.54, 1.807) is 0 Å². The fourth-order valence-electron chi connectivity index (χ4n) is 1.34. The lowest BCUT2D eigenvalue weighted by Crippen LogP contribution is -2.50.